The molecule has 2 rings (SSSR count). The van der Waals surface area contributed by atoms with Gasteiger partial charge in [-0.05, 0) is 42.5 Å². The average Bonchev–Trinajstić information content (AvgIpc) is 2.85. The van der Waals surface area contributed by atoms with Crippen molar-refractivity contribution in [1.82, 2.24) is 21.3 Å². The largest absolute Gasteiger partial charge is 0.352 e. The molecule has 0 heterocycles. The van der Waals surface area contributed by atoms with Gasteiger partial charge in [0.25, 0.3) is 0 Å². The molecule has 0 fully saturated rings. The number of rotatable bonds is 15. The molecule has 7 N–H and O–H groups in total. The Morgan fingerprint density at radius 1 is 0.811 bits per heavy atom. The summed E-state index contributed by atoms with van der Waals surface area (Å²) in [6, 6.07) is 15.9. The van der Waals surface area contributed by atoms with Crippen molar-refractivity contribution in [3.05, 3.63) is 65.7 Å². The van der Waals surface area contributed by atoms with Crippen molar-refractivity contribution in [2.75, 3.05) is 11.9 Å². The van der Waals surface area contributed by atoms with Crippen LogP contribution in [0.3, 0.4) is 0 Å². The Balaban J connectivity index is 2.09. The molecule has 2 aromatic rings. The Hall–Kier alpha value is -3.43. The van der Waals surface area contributed by atoms with Gasteiger partial charge in [-0.15, -0.1) is 0 Å². The number of primary amides is 1. The Morgan fingerprint density at radius 2 is 1.49 bits per heavy atom. The van der Waals surface area contributed by atoms with E-state index in [4.69, 9.17) is 5.73 Å². The van der Waals surface area contributed by atoms with Gasteiger partial charge in [0.1, 0.15) is 6.04 Å². The van der Waals surface area contributed by atoms with Crippen molar-refractivity contribution in [2.45, 2.75) is 77.7 Å². The first-order valence-electron chi connectivity index (χ1n) is 12.9. The minimum atomic E-state index is -0.781. The van der Waals surface area contributed by atoms with Crippen LogP contribution in [0.15, 0.2) is 54.6 Å². The average molecular weight is 511 g/mol. The summed E-state index contributed by atoms with van der Waals surface area (Å²) < 4.78 is 0. The quantitative estimate of drug-likeness (QED) is 0.205. The minimum Gasteiger partial charge on any atom is -0.352 e. The summed E-state index contributed by atoms with van der Waals surface area (Å²) in [6.07, 6.45) is 1.31. The predicted molar refractivity (Wildman–Crippen MR) is 148 cm³/mol. The summed E-state index contributed by atoms with van der Waals surface area (Å²) in [7, 11) is 0. The maximum Gasteiger partial charge on any atom is 0.312 e. The van der Waals surface area contributed by atoms with Crippen molar-refractivity contribution < 1.29 is 14.4 Å². The van der Waals surface area contributed by atoms with Crippen LogP contribution in [0.4, 0.5) is 10.5 Å². The van der Waals surface area contributed by atoms with Gasteiger partial charge < -0.3 is 32.3 Å². The van der Waals surface area contributed by atoms with E-state index in [9.17, 15) is 14.4 Å². The van der Waals surface area contributed by atoms with Crippen molar-refractivity contribution >= 4 is 23.5 Å². The lowest BCUT2D eigenvalue weighted by Crippen LogP contribution is -2.53. The van der Waals surface area contributed by atoms with Gasteiger partial charge >= 0.3 is 6.03 Å². The van der Waals surface area contributed by atoms with Gasteiger partial charge in [-0.1, -0.05) is 70.2 Å². The number of anilines is 1. The summed E-state index contributed by atoms with van der Waals surface area (Å²) in [5, 5.41) is 15.0. The summed E-state index contributed by atoms with van der Waals surface area (Å²) in [4.78, 5) is 37.5. The molecule has 0 aliphatic carbocycles. The van der Waals surface area contributed by atoms with Gasteiger partial charge in [-0.3, -0.25) is 9.59 Å². The fourth-order valence-electron chi connectivity index (χ4n) is 3.80. The molecule has 0 spiro atoms. The van der Waals surface area contributed by atoms with Crippen LogP contribution >= 0.6 is 0 Å². The lowest BCUT2D eigenvalue weighted by atomic mass is 10.0. The molecule has 4 amide bonds. The number of urea groups is 1. The summed E-state index contributed by atoms with van der Waals surface area (Å²) in [5.41, 5.74) is 7.93. The second-order valence-corrected chi connectivity index (χ2v) is 9.78. The Labute approximate surface area is 220 Å². The smallest absolute Gasteiger partial charge is 0.312 e. The monoisotopic (exact) mass is 510 g/mol. The lowest BCUT2D eigenvalue weighted by molar-refractivity contribution is -0.128. The number of benzene rings is 2. The number of carbonyl (C=O) groups is 3. The Bertz CT molecular complexity index is 979. The zero-order valence-electron chi connectivity index (χ0n) is 22.3. The van der Waals surface area contributed by atoms with E-state index >= 15 is 0 Å². The third-order valence-electron chi connectivity index (χ3n) is 5.67. The molecule has 0 aliphatic heterocycles. The molecule has 202 valence electrons. The Kier molecular flexibility index (Phi) is 12.6. The summed E-state index contributed by atoms with van der Waals surface area (Å²) in [5.74, 6) is -0.570. The number of nitrogens with two attached hydrogens (primary N) is 1. The Morgan fingerprint density at radius 3 is 2.08 bits per heavy atom. The van der Waals surface area contributed by atoms with Gasteiger partial charge in [0.15, 0.2) is 0 Å². The third-order valence-corrected chi connectivity index (χ3v) is 5.67. The predicted octanol–water partition coefficient (Wildman–Crippen LogP) is 2.67. The van der Waals surface area contributed by atoms with E-state index in [1.165, 1.54) is 0 Å². The number of hydrogen-bond donors (Lipinski definition) is 6. The van der Waals surface area contributed by atoms with E-state index in [2.05, 4.69) is 40.4 Å². The molecule has 0 bridgehead atoms. The van der Waals surface area contributed by atoms with Crippen LogP contribution in [0.2, 0.25) is 0 Å². The van der Waals surface area contributed by atoms with E-state index < -0.39 is 18.1 Å². The molecule has 0 unspecified atom stereocenters. The minimum absolute atomic E-state index is 0.0789. The lowest BCUT2D eigenvalue weighted by Gasteiger charge is -2.25. The van der Waals surface area contributed by atoms with Gasteiger partial charge in [0.2, 0.25) is 11.8 Å². The maximum atomic E-state index is 13.3. The molecule has 9 heteroatoms. The highest BCUT2D eigenvalue weighted by Gasteiger charge is 2.26. The van der Waals surface area contributed by atoms with Gasteiger partial charge in [0, 0.05) is 30.9 Å². The zero-order valence-corrected chi connectivity index (χ0v) is 22.3. The van der Waals surface area contributed by atoms with Crippen molar-refractivity contribution in [3.63, 3.8) is 0 Å². The van der Waals surface area contributed by atoms with E-state index in [1.807, 2.05) is 68.4 Å². The molecule has 37 heavy (non-hydrogen) atoms. The molecule has 2 aromatic carbocycles. The fourth-order valence-corrected chi connectivity index (χ4v) is 3.80. The van der Waals surface area contributed by atoms with Crippen molar-refractivity contribution in [3.8, 4) is 0 Å². The number of carbonyl (C=O) groups excluding carboxylic acids is 3. The normalized spacial score (nSPS) is 12.7. The molecule has 0 radical (unpaired) electrons. The first kappa shape index (κ1) is 29.8. The number of nitrogens with one attached hydrogen (secondary N) is 5. The molecular weight excluding hydrogens is 468 g/mol. The molecule has 0 saturated heterocycles. The van der Waals surface area contributed by atoms with Gasteiger partial charge in [0.05, 0.1) is 6.04 Å². The molecule has 2 atom stereocenters. The van der Waals surface area contributed by atoms with E-state index in [1.54, 1.807) is 0 Å². The first-order valence-corrected chi connectivity index (χ1v) is 12.9. The van der Waals surface area contributed by atoms with E-state index in [-0.39, 0.29) is 17.9 Å². The zero-order chi connectivity index (χ0) is 27.2. The van der Waals surface area contributed by atoms with Crippen molar-refractivity contribution in [1.29, 1.82) is 0 Å². The van der Waals surface area contributed by atoms with Crippen LogP contribution in [0.1, 0.15) is 51.7 Å². The number of amides is 4. The maximum absolute atomic E-state index is 13.3. The molecule has 9 nitrogen and oxygen atoms in total. The van der Waals surface area contributed by atoms with Crippen molar-refractivity contribution in [2.24, 2.45) is 5.73 Å². The number of hydrogen-bond acceptors (Lipinski definition) is 5. The van der Waals surface area contributed by atoms with Crippen LogP contribution in [-0.4, -0.2) is 48.6 Å². The molecule has 0 aliphatic rings. The second kappa shape index (κ2) is 15.6. The highest BCUT2D eigenvalue weighted by Crippen LogP contribution is 2.12. The molecular formula is C28H42N6O3. The van der Waals surface area contributed by atoms with Crippen LogP contribution in [0.25, 0.3) is 0 Å². The van der Waals surface area contributed by atoms with Crippen LogP contribution in [0.5, 0.6) is 0 Å². The van der Waals surface area contributed by atoms with Gasteiger partial charge in [-0.2, -0.15) is 0 Å². The summed E-state index contributed by atoms with van der Waals surface area (Å²) in [6.45, 7) is 9.18. The van der Waals surface area contributed by atoms with Crippen LogP contribution in [-0.2, 0) is 22.6 Å². The standard InChI is InChI=1S/C28H42N6O3/c1-19(2)31-18-22-12-14-23(15-13-22)33-26(35)24(11-8-16-30-28(29)37)34-27(36)25(32-20(3)4)17-21-9-6-5-7-10-21/h5-7,9-10,12-15,19-20,24-25,31-32H,8,11,16-18H2,1-4H3,(H,33,35)(H,34,36)(H3,29,30,37)/t24-,25-/m0/s1. The van der Waals surface area contributed by atoms with E-state index in [0.717, 1.165) is 17.7 Å². The summed E-state index contributed by atoms with van der Waals surface area (Å²) >= 11 is 0. The van der Waals surface area contributed by atoms with Crippen LogP contribution in [0, 0.1) is 0 Å². The first-order chi connectivity index (χ1) is 17.6. The molecule has 0 aromatic heterocycles. The van der Waals surface area contributed by atoms with Crippen LogP contribution < -0.4 is 32.3 Å². The highest BCUT2D eigenvalue weighted by atomic mass is 16.2. The van der Waals surface area contributed by atoms with Gasteiger partial charge in [-0.25, -0.2) is 4.79 Å². The fraction of sp³-hybridized carbons (Fsp3) is 0.464. The molecule has 0 saturated carbocycles. The van der Waals surface area contributed by atoms with E-state index in [0.29, 0.717) is 37.5 Å². The third kappa shape index (κ3) is 11.9. The highest BCUT2D eigenvalue weighted by molar-refractivity contribution is 5.97. The second-order valence-electron chi connectivity index (χ2n) is 9.78. The SMILES string of the molecule is CC(C)NCc1ccc(NC(=O)[C@H](CCCNC(N)=O)NC(=O)[C@H](Cc2ccccc2)NC(C)C)cc1. The topological polar surface area (TPSA) is 137 Å².